The normalized spacial score (nSPS) is 29.1. The number of hydrogen-bond acceptors (Lipinski definition) is 1. The molecule has 38 heavy (non-hydrogen) atoms. The molecular weight excluding hydrogens is 511 g/mol. The first-order valence-electron chi connectivity index (χ1n) is 15.2. The second-order valence-electron chi connectivity index (χ2n) is 12.7. The van der Waals surface area contributed by atoms with Crippen molar-refractivity contribution < 1.29 is 22.0 Å². The largest absolute Gasteiger partial charge is 0.453 e. The first kappa shape index (κ1) is 30.2. The number of hydrogen-bond donors (Lipinski definition) is 0. The smallest absolute Gasteiger partial charge is 0.196 e. The third-order valence-electron chi connectivity index (χ3n) is 10.2. The van der Waals surface area contributed by atoms with Gasteiger partial charge in [0.25, 0.3) is 0 Å². The van der Waals surface area contributed by atoms with E-state index in [-0.39, 0.29) is 6.42 Å². The van der Waals surface area contributed by atoms with E-state index in [4.69, 9.17) is 0 Å². The molecule has 2 fully saturated rings. The highest BCUT2D eigenvalue weighted by Crippen LogP contribution is 2.62. The highest BCUT2D eigenvalue weighted by Gasteiger charge is 2.56. The van der Waals surface area contributed by atoms with Crippen LogP contribution in [-0.4, -0.2) is 23.6 Å². The summed E-state index contributed by atoms with van der Waals surface area (Å²) < 4.78 is 62.3. The van der Waals surface area contributed by atoms with Crippen LogP contribution in [0.15, 0.2) is 24.3 Å². The van der Waals surface area contributed by atoms with Crippen LogP contribution in [0.2, 0.25) is 0 Å². The molecule has 1 aromatic carbocycles. The molecule has 0 N–H and O–H groups in total. The van der Waals surface area contributed by atoms with Crippen molar-refractivity contribution in [3.63, 3.8) is 0 Å². The predicted octanol–water partition coefficient (Wildman–Crippen LogP) is 11.0. The first-order valence-corrected chi connectivity index (χ1v) is 16.4. The van der Waals surface area contributed by atoms with Gasteiger partial charge in [-0.3, -0.25) is 0 Å². The van der Waals surface area contributed by atoms with Crippen LogP contribution in [-0.2, 0) is 6.42 Å². The summed E-state index contributed by atoms with van der Waals surface area (Å²) in [5.41, 5.74) is 3.87. The fourth-order valence-electron chi connectivity index (χ4n) is 8.13. The maximum atomic E-state index is 12.9. The van der Waals surface area contributed by atoms with E-state index in [2.05, 4.69) is 31.2 Å². The molecule has 0 saturated heterocycles. The topological polar surface area (TPSA) is 0 Å². The van der Waals surface area contributed by atoms with Gasteiger partial charge in [-0.25, -0.2) is 0 Å². The molecule has 0 heterocycles. The van der Waals surface area contributed by atoms with Gasteiger partial charge in [-0.1, -0.05) is 76.1 Å². The Kier molecular flexibility index (Phi) is 10.5. The van der Waals surface area contributed by atoms with Gasteiger partial charge < -0.3 is 0 Å². The minimum atomic E-state index is -5.42. The van der Waals surface area contributed by atoms with Crippen molar-refractivity contribution in [3.05, 3.63) is 35.4 Å². The van der Waals surface area contributed by atoms with E-state index in [1.807, 2.05) is 0 Å². The van der Waals surface area contributed by atoms with Crippen LogP contribution in [0, 0.1) is 23.2 Å². The lowest BCUT2D eigenvalue weighted by Crippen LogP contribution is -2.44. The van der Waals surface area contributed by atoms with Crippen molar-refractivity contribution in [2.24, 2.45) is 23.2 Å². The van der Waals surface area contributed by atoms with E-state index < -0.39 is 18.5 Å². The average molecular weight is 559 g/mol. The second kappa shape index (κ2) is 13.3. The van der Waals surface area contributed by atoms with Gasteiger partial charge in [0.2, 0.25) is 0 Å². The molecule has 1 aromatic rings. The molecule has 4 rings (SSSR count). The summed E-state index contributed by atoms with van der Waals surface area (Å²) in [4.78, 5) is 0. The second-order valence-corrected chi connectivity index (χ2v) is 13.9. The molecule has 6 heteroatoms. The van der Waals surface area contributed by atoms with Gasteiger partial charge in [-0.15, -0.1) is 0 Å². The average Bonchev–Trinajstić information content (AvgIpc) is 3.27. The SMILES string of the molecule is C[C@@]12CCC[C@H]1[C@@H]1C(CCCCCCCCCSCCCC(F)(F)C(F)(F)F)Cc3ccccc3[C@H]1CC2. The molecule has 0 amide bonds. The Morgan fingerprint density at radius 3 is 2.29 bits per heavy atom. The maximum Gasteiger partial charge on any atom is 0.453 e. The van der Waals surface area contributed by atoms with Gasteiger partial charge in [0.15, 0.2) is 0 Å². The molecule has 0 nitrogen and oxygen atoms in total. The Bertz CT molecular complexity index is 868. The number of rotatable bonds is 14. The molecule has 3 aliphatic carbocycles. The van der Waals surface area contributed by atoms with E-state index in [0.717, 1.165) is 42.3 Å². The summed E-state index contributed by atoms with van der Waals surface area (Å²) in [5, 5.41) is 0. The van der Waals surface area contributed by atoms with Crippen molar-refractivity contribution >= 4 is 11.8 Å². The van der Waals surface area contributed by atoms with Crippen LogP contribution in [0.3, 0.4) is 0 Å². The number of alkyl halides is 5. The van der Waals surface area contributed by atoms with Gasteiger partial charge >= 0.3 is 12.1 Å². The van der Waals surface area contributed by atoms with Crippen LogP contribution in [0.25, 0.3) is 0 Å². The zero-order chi connectivity index (χ0) is 27.2. The van der Waals surface area contributed by atoms with Crippen LogP contribution in [0.5, 0.6) is 0 Å². The summed E-state index contributed by atoms with van der Waals surface area (Å²) in [5.74, 6) is 0.0834. The fraction of sp³-hybridized carbons (Fsp3) is 0.812. The van der Waals surface area contributed by atoms with Crippen molar-refractivity contribution in [2.75, 3.05) is 11.5 Å². The van der Waals surface area contributed by atoms with Gasteiger partial charge in [0, 0.05) is 6.42 Å². The first-order chi connectivity index (χ1) is 18.1. The standard InChI is InChI=1S/C32H47F5S/c1-30-18-11-16-28(30)29-25(23-24-13-8-9-15-26(24)27(29)17-20-30)14-7-5-3-2-4-6-10-21-38-22-12-19-31(33,34)32(35,36)37/h8-9,13,15,25,27-29H,2-7,10-12,14,16-23H2,1H3/t25?,27-,28+,29-,30+/m1/s1. The van der Waals surface area contributed by atoms with Crippen LogP contribution in [0.4, 0.5) is 22.0 Å². The molecule has 0 bridgehead atoms. The number of thioether (sulfide) groups is 1. The summed E-state index contributed by atoms with van der Waals surface area (Å²) in [6.45, 7) is 2.59. The van der Waals surface area contributed by atoms with Crippen molar-refractivity contribution in [1.82, 2.24) is 0 Å². The third-order valence-corrected chi connectivity index (χ3v) is 11.3. The van der Waals surface area contributed by atoms with Crippen molar-refractivity contribution in [3.8, 4) is 0 Å². The highest BCUT2D eigenvalue weighted by atomic mass is 32.2. The Morgan fingerprint density at radius 1 is 0.842 bits per heavy atom. The minimum Gasteiger partial charge on any atom is -0.196 e. The maximum absolute atomic E-state index is 12.9. The molecule has 0 spiro atoms. The van der Waals surface area contributed by atoms with E-state index >= 15 is 0 Å². The monoisotopic (exact) mass is 558 g/mol. The van der Waals surface area contributed by atoms with E-state index in [1.165, 1.54) is 88.8 Å². The van der Waals surface area contributed by atoms with Gasteiger partial charge in [-0.2, -0.15) is 33.7 Å². The lowest BCUT2D eigenvalue weighted by atomic mass is 9.52. The Morgan fingerprint density at radius 2 is 1.53 bits per heavy atom. The van der Waals surface area contributed by atoms with E-state index in [1.54, 1.807) is 11.1 Å². The molecule has 1 unspecified atom stereocenters. The quantitative estimate of drug-likeness (QED) is 0.162. The molecule has 3 aliphatic rings. The van der Waals surface area contributed by atoms with Crippen LogP contribution < -0.4 is 0 Å². The Balaban J connectivity index is 1.09. The van der Waals surface area contributed by atoms with Gasteiger partial charge in [0.05, 0.1) is 0 Å². The number of benzene rings is 1. The zero-order valence-corrected chi connectivity index (χ0v) is 24.0. The summed E-state index contributed by atoms with van der Waals surface area (Å²) in [7, 11) is 0. The molecule has 0 aliphatic heterocycles. The Labute approximate surface area is 231 Å². The summed E-state index contributed by atoms with van der Waals surface area (Å²) >= 11 is 1.50. The summed E-state index contributed by atoms with van der Waals surface area (Å²) in [6, 6.07) is 9.28. The number of unbranched alkanes of at least 4 members (excludes halogenated alkanes) is 6. The highest BCUT2D eigenvalue weighted by molar-refractivity contribution is 7.99. The molecular formula is C32H47F5S. The molecule has 2 saturated carbocycles. The van der Waals surface area contributed by atoms with Crippen molar-refractivity contribution in [1.29, 1.82) is 0 Å². The van der Waals surface area contributed by atoms with Crippen LogP contribution >= 0.6 is 11.8 Å². The lowest BCUT2D eigenvalue weighted by molar-refractivity contribution is -0.284. The molecule has 0 radical (unpaired) electrons. The summed E-state index contributed by atoms with van der Waals surface area (Å²) in [6.07, 6.45) is 11.6. The number of halogens is 5. The minimum absolute atomic E-state index is 0.0919. The third kappa shape index (κ3) is 7.29. The predicted molar refractivity (Wildman–Crippen MR) is 149 cm³/mol. The van der Waals surface area contributed by atoms with Crippen molar-refractivity contribution in [2.45, 2.75) is 128 Å². The zero-order valence-electron chi connectivity index (χ0n) is 23.1. The van der Waals surface area contributed by atoms with Gasteiger partial charge in [0.1, 0.15) is 0 Å². The molecule has 0 aromatic heterocycles. The molecule has 5 atom stereocenters. The van der Waals surface area contributed by atoms with E-state index in [9.17, 15) is 22.0 Å². The number of fused-ring (bicyclic) bond motifs is 5. The Hall–Kier alpha value is -0.780. The van der Waals surface area contributed by atoms with Crippen LogP contribution in [0.1, 0.15) is 120 Å². The lowest BCUT2D eigenvalue weighted by Gasteiger charge is -2.52. The molecule has 216 valence electrons. The fourth-order valence-corrected chi connectivity index (χ4v) is 9.10. The van der Waals surface area contributed by atoms with Gasteiger partial charge in [-0.05, 0) is 103 Å². The van der Waals surface area contributed by atoms with E-state index in [0.29, 0.717) is 11.2 Å².